The van der Waals surface area contributed by atoms with Gasteiger partial charge in [-0.05, 0) is 18.6 Å². The fourth-order valence-electron chi connectivity index (χ4n) is 1.88. The molecule has 1 aromatic rings. The lowest BCUT2D eigenvalue weighted by molar-refractivity contribution is -0.124. The number of imide groups is 1. The molecule has 1 atom stereocenters. The first-order valence-corrected chi connectivity index (χ1v) is 7.46. The van der Waals surface area contributed by atoms with Crippen molar-refractivity contribution in [1.82, 2.24) is 10.2 Å². The van der Waals surface area contributed by atoms with Gasteiger partial charge in [0.05, 0.1) is 5.75 Å². The van der Waals surface area contributed by atoms with Crippen LogP contribution in [0.25, 0.3) is 0 Å². The van der Waals surface area contributed by atoms with E-state index in [0.29, 0.717) is 18.1 Å². The smallest absolute Gasteiger partial charge is 0.324 e. The summed E-state index contributed by atoms with van der Waals surface area (Å²) in [6.45, 7) is 3.00. The van der Waals surface area contributed by atoms with E-state index in [9.17, 15) is 9.59 Å². The number of halogens is 1. The Kier molecular flexibility index (Phi) is 4.71. The molecule has 0 unspecified atom stereocenters. The van der Waals surface area contributed by atoms with Gasteiger partial charge in [-0.15, -0.1) is 11.8 Å². The number of hydrogen-bond acceptors (Lipinski definition) is 3. The highest BCUT2D eigenvalue weighted by Gasteiger charge is 2.26. The zero-order valence-corrected chi connectivity index (χ0v) is 12.1. The summed E-state index contributed by atoms with van der Waals surface area (Å²) < 4.78 is 0. The lowest BCUT2D eigenvalue weighted by atomic mass is 10.2. The first-order chi connectivity index (χ1) is 9.09. The zero-order chi connectivity index (χ0) is 13.8. The number of thioether (sulfide) groups is 1. The Morgan fingerprint density at radius 1 is 1.53 bits per heavy atom. The number of hydrogen-bond donors (Lipinski definition) is 1. The molecule has 1 aliphatic rings. The highest BCUT2D eigenvalue weighted by Crippen LogP contribution is 2.32. The van der Waals surface area contributed by atoms with Crippen molar-refractivity contribution in [2.75, 3.05) is 18.8 Å². The molecule has 0 saturated carbocycles. The Balaban J connectivity index is 1.90. The molecule has 1 aliphatic heterocycles. The van der Waals surface area contributed by atoms with E-state index < -0.39 is 0 Å². The van der Waals surface area contributed by atoms with Crippen molar-refractivity contribution in [3.63, 3.8) is 0 Å². The molecule has 1 aromatic carbocycles. The van der Waals surface area contributed by atoms with Gasteiger partial charge in [-0.3, -0.25) is 9.69 Å². The molecule has 3 amide bonds. The van der Waals surface area contributed by atoms with E-state index in [1.54, 1.807) is 0 Å². The summed E-state index contributed by atoms with van der Waals surface area (Å²) in [5, 5.41) is 3.43. The molecule has 0 bridgehead atoms. The summed E-state index contributed by atoms with van der Waals surface area (Å²) in [6.07, 6.45) is 0. The van der Waals surface area contributed by atoms with Gasteiger partial charge in [0.1, 0.15) is 0 Å². The van der Waals surface area contributed by atoms with Crippen molar-refractivity contribution in [2.45, 2.75) is 12.2 Å². The van der Waals surface area contributed by atoms with E-state index in [2.05, 4.69) is 5.32 Å². The van der Waals surface area contributed by atoms with E-state index in [1.165, 1.54) is 16.7 Å². The van der Waals surface area contributed by atoms with Crippen molar-refractivity contribution >= 4 is 35.3 Å². The van der Waals surface area contributed by atoms with Gasteiger partial charge in [-0.1, -0.05) is 29.8 Å². The molecule has 102 valence electrons. The quantitative estimate of drug-likeness (QED) is 0.930. The number of nitrogens with one attached hydrogen (secondary N) is 1. The molecule has 0 spiro atoms. The second kappa shape index (κ2) is 6.30. The van der Waals surface area contributed by atoms with Gasteiger partial charge >= 0.3 is 6.03 Å². The van der Waals surface area contributed by atoms with E-state index >= 15 is 0 Å². The van der Waals surface area contributed by atoms with Crippen LogP contribution in [0.4, 0.5) is 4.79 Å². The van der Waals surface area contributed by atoms with Gasteiger partial charge in [-0.2, -0.15) is 0 Å². The SMILES string of the molecule is C[C@@H](SCC(=O)N1CCNC1=O)c1ccccc1Cl. The van der Waals surface area contributed by atoms with Gasteiger partial charge < -0.3 is 5.32 Å². The van der Waals surface area contributed by atoms with Crippen LogP contribution in [-0.2, 0) is 4.79 Å². The summed E-state index contributed by atoms with van der Waals surface area (Å²) in [5.74, 6) is 0.124. The van der Waals surface area contributed by atoms with Crippen molar-refractivity contribution < 1.29 is 9.59 Å². The van der Waals surface area contributed by atoms with Crippen LogP contribution in [-0.4, -0.2) is 35.7 Å². The Hall–Kier alpha value is -1.20. The molecule has 1 heterocycles. The van der Waals surface area contributed by atoms with E-state index in [1.807, 2.05) is 31.2 Å². The number of rotatable bonds is 4. The fourth-order valence-corrected chi connectivity index (χ4v) is 3.18. The lowest BCUT2D eigenvalue weighted by Crippen LogP contribution is -2.35. The van der Waals surface area contributed by atoms with Gasteiger partial charge in [0.15, 0.2) is 0 Å². The summed E-state index contributed by atoms with van der Waals surface area (Å²) in [6, 6.07) is 7.30. The number of carbonyl (C=O) groups is 2. The van der Waals surface area contributed by atoms with Gasteiger partial charge in [0.25, 0.3) is 0 Å². The van der Waals surface area contributed by atoms with Crippen LogP contribution in [0.3, 0.4) is 0 Å². The van der Waals surface area contributed by atoms with Crippen LogP contribution >= 0.6 is 23.4 Å². The first-order valence-electron chi connectivity index (χ1n) is 6.04. The maximum atomic E-state index is 11.9. The van der Waals surface area contributed by atoms with Gasteiger partial charge in [0, 0.05) is 23.4 Å². The predicted octanol–water partition coefficient (Wildman–Crippen LogP) is 2.69. The number of nitrogens with zero attached hydrogens (tertiary/aromatic N) is 1. The maximum Gasteiger partial charge on any atom is 0.324 e. The largest absolute Gasteiger partial charge is 0.336 e. The van der Waals surface area contributed by atoms with E-state index in [4.69, 9.17) is 11.6 Å². The molecule has 0 radical (unpaired) electrons. The third-order valence-electron chi connectivity index (χ3n) is 2.96. The van der Waals surface area contributed by atoms with Crippen LogP contribution in [0.15, 0.2) is 24.3 Å². The molecular formula is C13H15ClN2O2S. The number of benzene rings is 1. The van der Waals surface area contributed by atoms with Crippen LogP contribution < -0.4 is 5.32 Å². The molecule has 2 rings (SSSR count). The average molecular weight is 299 g/mol. The maximum absolute atomic E-state index is 11.9. The molecular weight excluding hydrogens is 284 g/mol. The number of urea groups is 1. The summed E-state index contributed by atoms with van der Waals surface area (Å²) in [5.41, 5.74) is 1.01. The first kappa shape index (κ1) is 14.2. The second-order valence-electron chi connectivity index (χ2n) is 4.25. The minimum atomic E-state index is -0.295. The second-order valence-corrected chi connectivity index (χ2v) is 5.99. The minimum Gasteiger partial charge on any atom is -0.336 e. The highest BCUT2D eigenvalue weighted by molar-refractivity contribution is 8.00. The third kappa shape index (κ3) is 3.42. The standard InChI is InChI=1S/C13H15ClN2O2S/c1-9(10-4-2-3-5-11(10)14)19-8-12(17)16-7-6-15-13(16)18/h2-5,9H,6-8H2,1H3,(H,15,18)/t9-/m1/s1. The summed E-state index contributed by atoms with van der Waals surface area (Å²) in [4.78, 5) is 24.5. The Morgan fingerprint density at radius 3 is 2.89 bits per heavy atom. The van der Waals surface area contributed by atoms with Gasteiger partial charge in [0.2, 0.25) is 5.91 Å². The molecule has 0 aromatic heterocycles. The summed E-state index contributed by atoms with van der Waals surface area (Å²) >= 11 is 7.60. The van der Waals surface area contributed by atoms with Crippen LogP contribution in [0, 0.1) is 0 Å². The Labute approximate surface area is 121 Å². The molecule has 1 saturated heterocycles. The van der Waals surface area contributed by atoms with Crippen molar-refractivity contribution in [3.8, 4) is 0 Å². The third-order valence-corrected chi connectivity index (χ3v) is 4.47. The summed E-state index contributed by atoms with van der Waals surface area (Å²) in [7, 11) is 0. The average Bonchev–Trinajstić information content (AvgIpc) is 2.82. The van der Waals surface area contributed by atoms with Gasteiger partial charge in [-0.25, -0.2) is 4.79 Å². The zero-order valence-electron chi connectivity index (χ0n) is 10.6. The minimum absolute atomic E-state index is 0.114. The molecule has 1 fully saturated rings. The van der Waals surface area contributed by atoms with Crippen molar-refractivity contribution in [1.29, 1.82) is 0 Å². The molecule has 1 N–H and O–H groups in total. The number of carbonyl (C=O) groups excluding carboxylic acids is 2. The topological polar surface area (TPSA) is 49.4 Å². The van der Waals surface area contributed by atoms with E-state index in [-0.39, 0.29) is 22.9 Å². The molecule has 0 aliphatic carbocycles. The lowest BCUT2D eigenvalue weighted by Gasteiger charge is -2.15. The molecule has 6 heteroatoms. The highest BCUT2D eigenvalue weighted by atomic mass is 35.5. The van der Waals surface area contributed by atoms with Crippen molar-refractivity contribution in [3.05, 3.63) is 34.9 Å². The van der Waals surface area contributed by atoms with Crippen molar-refractivity contribution in [2.24, 2.45) is 0 Å². The number of amides is 3. The predicted molar refractivity (Wildman–Crippen MR) is 77.4 cm³/mol. The molecule has 19 heavy (non-hydrogen) atoms. The fraction of sp³-hybridized carbons (Fsp3) is 0.385. The van der Waals surface area contributed by atoms with Crippen LogP contribution in [0.5, 0.6) is 0 Å². The van der Waals surface area contributed by atoms with Crippen LogP contribution in [0.1, 0.15) is 17.7 Å². The Bertz CT molecular complexity index is 495. The molecule has 4 nitrogen and oxygen atoms in total. The monoisotopic (exact) mass is 298 g/mol. The van der Waals surface area contributed by atoms with E-state index in [0.717, 1.165) is 5.56 Å². The Morgan fingerprint density at radius 2 is 2.26 bits per heavy atom. The normalized spacial score (nSPS) is 16.3. The van der Waals surface area contributed by atoms with Crippen LogP contribution in [0.2, 0.25) is 5.02 Å².